The molecule has 0 aliphatic carbocycles. The van der Waals surface area contributed by atoms with Crippen molar-refractivity contribution >= 4 is 33.0 Å². The third-order valence-corrected chi connectivity index (χ3v) is 4.23. The number of hydrogen-bond acceptors (Lipinski definition) is 6. The third-order valence-electron chi connectivity index (χ3n) is 3.06. The highest BCUT2D eigenvalue weighted by Crippen LogP contribution is 2.34. The number of anilines is 1. The Kier molecular flexibility index (Phi) is 3.34. The quantitative estimate of drug-likeness (QED) is 0.775. The number of nitrogens with two attached hydrogens (primary N) is 1. The molecule has 0 spiro atoms. The minimum absolute atomic E-state index is 0.187. The zero-order valence-corrected chi connectivity index (χ0v) is 12.5. The van der Waals surface area contributed by atoms with Gasteiger partial charge >= 0.3 is 0 Å². The number of nitrogens with zero attached hydrogens (tertiary/aromatic N) is 2. The molecular formula is C14H14N4O2S. The predicted octanol–water partition coefficient (Wildman–Crippen LogP) is 2.41. The maximum Gasteiger partial charge on any atom is 0.263 e. The lowest BCUT2D eigenvalue weighted by Crippen LogP contribution is -2.22. The van der Waals surface area contributed by atoms with Gasteiger partial charge in [0.25, 0.3) is 5.91 Å². The molecule has 2 aromatic heterocycles. The Balaban J connectivity index is 1.82. The Morgan fingerprint density at radius 1 is 1.43 bits per heavy atom. The number of nitrogen functional groups attached to an aromatic ring is 1. The first-order valence-electron chi connectivity index (χ1n) is 6.40. The van der Waals surface area contributed by atoms with Gasteiger partial charge < -0.3 is 15.6 Å². The van der Waals surface area contributed by atoms with E-state index in [1.165, 1.54) is 11.3 Å². The molecule has 21 heavy (non-hydrogen) atoms. The van der Waals surface area contributed by atoms with Gasteiger partial charge in [0.05, 0.1) is 12.2 Å². The number of hydrogen-bond donors (Lipinski definition) is 2. The second-order valence-electron chi connectivity index (χ2n) is 4.76. The van der Waals surface area contributed by atoms with Crippen LogP contribution in [-0.2, 0) is 6.54 Å². The zero-order chi connectivity index (χ0) is 15.0. The van der Waals surface area contributed by atoms with E-state index in [-0.39, 0.29) is 12.5 Å². The van der Waals surface area contributed by atoms with Crippen molar-refractivity contribution in [1.82, 2.24) is 15.5 Å². The SMILES string of the molecule is Cc1ccc2c(N)c(C(=O)NCc3nc(C)no3)sc2c1. The van der Waals surface area contributed by atoms with Crippen LogP contribution in [0.4, 0.5) is 5.69 Å². The Labute approximate surface area is 125 Å². The second-order valence-corrected chi connectivity index (χ2v) is 5.81. The van der Waals surface area contributed by atoms with E-state index in [2.05, 4.69) is 15.5 Å². The van der Waals surface area contributed by atoms with Crippen LogP contribution in [0.3, 0.4) is 0 Å². The summed E-state index contributed by atoms with van der Waals surface area (Å²) in [6.07, 6.45) is 0. The zero-order valence-electron chi connectivity index (χ0n) is 11.6. The van der Waals surface area contributed by atoms with Gasteiger partial charge in [0, 0.05) is 10.1 Å². The van der Waals surface area contributed by atoms with Crippen LogP contribution in [0.5, 0.6) is 0 Å². The van der Waals surface area contributed by atoms with Gasteiger partial charge in [0.15, 0.2) is 5.82 Å². The number of thiophene rings is 1. The molecule has 7 heteroatoms. The van der Waals surface area contributed by atoms with E-state index in [0.29, 0.717) is 22.3 Å². The molecule has 108 valence electrons. The maximum absolute atomic E-state index is 12.2. The molecule has 0 radical (unpaired) electrons. The molecule has 0 bridgehead atoms. The van der Waals surface area contributed by atoms with E-state index in [1.54, 1.807) is 6.92 Å². The first kappa shape index (κ1) is 13.6. The van der Waals surface area contributed by atoms with Crippen LogP contribution >= 0.6 is 11.3 Å². The van der Waals surface area contributed by atoms with E-state index < -0.39 is 0 Å². The Hall–Kier alpha value is -2.41. The summed E-state index contributed by atoms with van der Waals surface area (Å²) in [6, 6.07) is 5.94. The molecule has 3 N–H and O–H groups in total. The van der Waals surface area contributed by atoms with Gasteiger partial charge in [0.1, 0.15) is 4.88 Å². The van der Waals surface area contributed by atoms with Crippen LogP contribution in [0.1, 0.15) is 27.0 Å². The monoisotopic (exact) mass is 302 g/mol. The van der Waals surface area contributed by atoms with Crippen LogP contribution in [0.15, 0.2) is 22.7 Å². The highest BCUT2D eigenvalue weighted by molar-refractivity contribution is 7.21. The molecular weight excluding hydrogens is 288 g/mol. The van der Waals surface area contributed by atoms with Crippen molar-refractivity contribution in [2.45, 2.75) is 20.4 Å². The predicted molar refractivity (Wildman–Crippen MR) is 81.2 cm³/mol. The minimum Gasteiger partial charge on any atom is -0.397 e. The fourth-order valence-electron chi connectivity index (χ4n) is 2.04. The van der Waals surface area contributed by atoms with Crippen LogP contribution in [0.25, 0.3) is 10.1 Å². The smallest absolute Gasteiger partial charge is 0.263 e. The highest BCUT2D eigenvalue weighted by atomic mass is 32.1. The first-order chi connectivity index (χ1) is 10.0. The summed E-state index contributed by atoms with van der Waals surface area (Å²) in [5.41, 5.74) is 7.71. The van der Waals surface area contributed by atoms with Gasteiger partial charge in [0.2, 0.25) is 5.89 Å². The molecule has 3 rings (SSSR count). The second kappa shape index (κ2) is 5.17. The highest BCUT2D eigenvalue weighted by Gasteiger charge is 2.17. The lowest BCUT2D eigenvalue weighted by Gasteiger charge is -2.00. The molecule has 0 fully saturated rings. The lowest BCUT2D eigenvalue weighted by molar-refractivity contribution is 0.0951. The van der Waals surface area contributed by atoms with Crippen molar-refractivity contribution in [3.63, 3.8) is 0 Å². The van der Waals surface area contributed by atoms with Gasteiger partial charge in [-0.3, -0.25) is 4.79 Å². The van der Waals surface area contributed by atoms with Crippen LogP contribution in [0, 0.1) is 13.8 Å². The number of rotatable bonds is 3. The Morgan fingerprint density at radius 2 is 2.24 bits per heavy atom. The van der Waals surface area contributed by atoms with E-state index in [9.17, 15) is 4.79 Å². The largest absolute Gasteiger partial charge is 0.397 e. The summed E-state index contributed by atoms with van der Waals surface area (Å²) in [4.78, 5) is 16.8. The fourth-order valence-corrected chi connectivity index (χ4v) is 3.18. The summed E-state index contributed by atoms with van der Waals surface area (Å²) in [7, 11) is 0. The fraction of sp³-hybridized carbons (Fsp3) is 0.214. The van der Waals surface area contributed by atoms with Crippen molar-refractivity contribution in [1.29, 1.82) is 0 Å². The van der Waals surface area contributed by atoms with E-state index in [1.807, 2.05) is 25.1 Å². The number of amides is 1. The van der Waals surface area contributed by atoms with Crippen molar-refractivity contribution < 1.29 is 9.32 Å². The van der Waals surface area contributed by atoms with Crippen molar-refractivity contribution in [2.24, 2.45) is 0 Å². The molecule has 3 aromatic rings. The molecule has 0 saturated heterocycles. The standard InChI is InChI=1S/C14H14N4O2S/c1-7-3-4-9-10(5-7)21-13(12(9)15)14(19)16-6-11-17-8(2)18-20-11/h3-5H,6,15H2,1-2H3,(H,16,19). The molecule has 1 aromatic carbocycles. The minimum atomic E-state index is -0.234. The average Bonchev–Trinajstić information content (AvgIpc) is 3.00. The van der Waals surface area contributed by atoms with Crippen LogP contribution < -0.4 is 11.1 Å². The summed E-state index contributed by atoms with van der Waals surface area (Å²) in [6.45, 7) is 3.92. The van der Waals surface area contributed by atoms with E-state index in [4.69, 9.17) is 10.3 Å². The summed E-state index contributed by atoms with van der Waals surface area (Å²) < 4.78 is 5.96. The molecule has 0 unspecified atom stereocenters. The number of fused-ring (bicyclic) bond motifs is 1. The van der Waals surface area contributed by atoms with E-state index in [0.717, 1.165) is 15.6 Å². The normalized spacial score (nSPS) is 11.0. The number of aryl methyl sites for hydroxylation is 2. The summed E-state index contributed by atoms with van der Waals surface area (Å²) in [5.74, 6) is 0.676. The Bertz CT molecular complexity index is 822. The third kappa shape index (κ3) is 2.59. The lowest BCUT2D eigenvalue weighted by atomic mass is 10.1. The summed E-state index contributed by atoms with van der Waals surface area (Å²) in [5, 5.41) is 7.32. The van der Waals surface area contributed by atoms with Gasteiger partial charge in [-0.15, -0.1) is 11.3 Å². The van der Waals surface area contributed by atoms with Gasteiger partial charge in [-0.25, -0.2) is 0 Å². The topological polar surface area (TPSA) is 94.0 Å². The number of carbonyl (C=O) groups excluding carboxylic acids is 1. The first-order valence-corrected chi connectivity index (χ1v) is 7.22. The molecule has 6 nitrogen and oxygen atoms in total. The summed E-state index contributed by atoms with van der Waals surface area (Å²) >= 11 is 1.38. The van der Waals surface area contributed by atoms with Crippen molar-refractivity contribution in [3.05, 3.63) is 40.4 Å². The average molecular weight is 302 g/mol. The molecule has 0 aliphatic heterocycles. The van der Waals surface area contributed by atoms with Gasteiger partial charge in [-0.2, -0.15) is 4.98 Å². The maximum atomic E-state index is 12.2. The molecule has 0 saturated carbocycles. The molecule has 2 heterocycles. The number of aromatic nitrogens is 2. The number of benzene rings is 1. The number of nitrogens with one attached hydrogen (secondary N) is 1. The van der Waals surface area contributed by atoms with Crippen molar-refractivity contribution in [3.8, 4) is 0 Å². The van der Waals surface area contributed by atoms with E-state index >= 15 is 0 Å². The van der Waals surface area contributed by atoms with Gasteiger partial charge in [-0.1, -0.05) is 17.3 Å². The van der Waals surface area contributed by atoms with Crippen LogP contribution in [0.2, 0.25) is 0 Å². The van der Waals surface area contributed by atoms with Crippen LogP contribution in [-0.4, -0.2) is 16.0 Å². The molecule has 0 aliphatic rings. The van der Waals surface area contributed by atoms with Crippen molar-refractivity contribution in [2.75, 3.05) is 5.73 Å². The number of carbonyl (C=O) groups is 1. The Morgan fingerprint density at radius 3 is 2.95 bits per heavy atom. The molecule has 0 atom stereocenters. The van der Waals surface area contributed by atoms with Gasteiger partial charge in [-0.05, 0) is 25.5 Å². The molecule has 1 amide bonds.